The molecule has 0 amide bonds. The van der Waals surface area contributed by atoms with Gasteiger partial charge in [0.05, 0.1) is 0 Å². The van der Waals surface area contributed by atoms with E-state index in [4.69, 9.17) is 14.6 Å². The molecular weight excluding hydrogens is 287 g/mol. The first-order valence-corrected chi connectivity index (χ1v) is 6.53. The zero-order valence-corrected chi connectivity index (χ0v) is 12.0. The Morgan fingerprint density at radius 2 is 1.95 bits per heavy atom. The first-order valence-electron chi connectivity index (χ1n) is 6.53. The van der Waals surface area contributed by atoms with Crippen LogP contribution in [0.15, 0.2) is 54.6 Å². The van der Waals surface area contributed by atoms with Crippen LogP contribution in [0.5, 0.6) is 5.75 Å². The molecular formula is C17H15FO4. The Morgan fingerprint density at radius 1 is 1.23 bits per heavy atom. The van der Waals surface area contributed by atoms with Crippen LogP contribution in [-0.4, -0.2) is 25.0 Å². The molecule has 0 atom stereocenters. The lowest BCUT2D eigenvalue weighted by molar-refractivity contribution is -0.131. The van der Waals surface area contributed by atoms with E-state index in [0.29, 0.717) is 16.7 Å². The third kappa shape index (κ3) is 3.93. The van der Waals surface area contributed by atoms with Crippen LogP contribution in [0.2, 0.25) is 0 Å². The molecule has 2 rings (SSSR count). The van der Waals surface area contributed by atoms with Crippen LogP contribution in [-0.2, 0) is 9.53 Å². The summed E-state index contributed by atoms with van der Waals surface area (Å²) in [5, 5.41) is 9.11. The van der Waals surface area contributed by atoms with Crippen molar-refractivity contribution >= 4 is 11.5 Å². The second kappa shape index (κ2) is 7.38. The maximum Gasteiger partial charge on any atom is 0.328 e. The Kier molecular flexibility index (Phi) is 5.27. The number of hydrogen-bond donors (Lipinski definition) is 1. The third-order valence-corrected chi connectivity index (χ3v) is 2.92. The van der Waals surface area contributed by atoms with Gasteiger partial charge in [0.15, 0.2) is 6.79 Å². The number of benzene rings is 2. The van der Waals surface area contributed by atoms with E-state index in [1.165, 1.54) is 25.3 Å². The van der Waals surface area contributed by atoms with Gasteiger partial charge >= 0.3 is 5.97 Å². The highest BCUT2D eigenvalue weighted by Crippen LogP contribution is 2.31. The molecule has 0 heterocycles. The molecule has 0 unspecified atom stereocenters. The van der Waals surface area contributed by atoms with Crippen molar-refractivity contribution in [3.05, 3.63) is 71.6 Å². The minimum atomic E-state index is -1.10. The fourth-order valence-corrected chi connectivity index (χ4v) is 2.02. The van der Waals surface area contributed by atoms with Gasteiger partial charge in [0.25, 0.3) is 0 Å². The molecule has 0 saturated heterocycles. The van der Waals surface area contributed by atoms with Crippen LogP contribution in [0.25, 0.3) is 5.57 Å². The Hall–Kier alpha value is -2.66. The third-order valence-electron chi connectivity index (χ3n) is 2.92. The van der Waals surface area contributed by atoms with Crippen LogP contribution >= 0.6 is 0 Å². The van der Waals surface area contributed by atoms with E-state index in [1.807, 2.05) is 6.07 Å². The lowest BCUT2D eigenvalue weighted by Crippen LogP contribution is -2.03. The molecule has 4 nitrogen and oxygen atoms in total. The molecule has 5 heteroatoms. The van der Waals surface area contributed by atoms with E-state index in [1.54, 1.807) is 24.3 Å². The summed E-state index contributed by atoms with van der Waals surface area (Å²) in [4.78, 5) is 11.1. The average molecular weight is 302 g/mol. The van der Waals surface area contributed by atoms with Gasteiger partial charge in [-0.05, 0) is 23.3 Å². The molecule has 0 aliphatic carbocycles. The van der Waals surface area contributed by atoms with E-state index in [9.17, 15) is 9.18 Å². The standard InChI is InChI=1S/C17H15FO4/c1-21-11-22-16-9-13(18)7-8-14(16)15(10-17(19)20)12-5-3-2-4-6-12/h2-10H,11H2,1H3,(H,19,20)/b15-10+. The predicted octanol–water partition coefficient (Wildman–Crippen LogP) is 3.32. The first kappa shape index (κ1) is 15.7. The molecule has 22 heavy (non-hydrogen) atoms. The second-order valence-corrected chi connectivity index (χ2v) is 4.45. The lowest BCUT2D eigenvalue weighted by atomic mass is 9.96. The molecule has 0 aliphatic rings. The van der Waals surface area contributed by atoms with Gasteiger partial charge in [-0.2, -0.15) is 0 Å². The maximum atomic E-state index is 13.4. The van der Waals surface area contributed by atoms with Gasteiger partial charge in [0.2, 0.25) is 0 Å². The van der Waals surface area contributed by atoms with E-state index < -0.39 is 11.8 Å². The topological polar surface area (TPSA) is 55.8 Å². The molecule has 0 radical (unpaired) electrons. The summed E-state index contributed by atoms with van der Waals surface area (Å²) in [5.41, 5.74) is 1.60. The van der Waals surface area contributed by atoms with Gasteiger partial charge in [0, 0.05) is 24.8 Å². The zero-order chi connectivity index (χ0) is 15.9. The Morgan fingerprint density at radius 3 is 2.59 bits per heavy atom. The number of rotatable bonds is 6. The smallest absolute Gasteiger partial charge is 0.328 e. The number of carboxylic acids is 1. The predicted molar refractivity (Wildman–Crippen MR) is 80.1 cm³/mol. The first-order chi connectivity index (χ1) is 10.6. The van der Waals surface area contributed by atoms with Gasteiger partial charge in [0.1, 0.15) is 11.6 Å². The van der Waals surface area contributed by atoms with Crippen LogP contribution < -0.4 is 4.74 Å². The average Bonchev–Trinajstić information content (AvgIpc) is 2.52. The lowest BCUT2D eigenvalue weighted by Gasteiger charge is -2.14. The summed E-state index contributed by atoms with van der Waals surface area (Å²) in [6, 6.07) is 12.9. The van der Waals surface area contributed by atoms with Gasteiger partial charge in [-0.15, -0.1) is 0 Å². The Labute approximate surface area is 127 Å². The van der Waals surface area contributed by atoms with Crippen molar-refractivity contribution in [2.75, 3.05) is 13.9 Å². The van der Waals surface area contributed by atoms with Gasteiger partial charge < -0.3 is 14.6 Å². The summed E-state index contributed by atoms with van der Waals surface area (Å²) in [5.74, 6) is -1.35. The van der Waals surface area contributed by atoms with Gasteiger partial charge in [-0.1, -0.05) is 30.3 Å². The van der Waals surface area contributed by atoms with Crippen molar-refractivity contribution in [1.82, 2.24) is 0 Å². The molecule has 2 aromatic carbocycles. The normalized spacial score (nSPS) is 11.3. The summed E-state index contributed by atoms with van der Waals surface area (Å²) in [6.45, 7) is -0.0639. The number of aliphatic carboxylic acids is 1. The van der Waals surface area contributed by atoms with Crippen LogP contribution in [0.1, 0.15) is 11.1 Å². The SMILES string of the molecule is COCOc1cc(F)ccc1/C(=C/C(=O)O)c1ccccc1. The molecule has 0 aromatic heterocycles. The highest BCUT2D eigenvalue weighted by atomic mass is 19.1. The van der Waals surface area contributed by atoms with E-state index in [0.717, 1.165) is 6.08 Å². The highest BCUT2D eigenvalue weighted by Gasteiger charge is 2.14. The molecule has 0 saturated carbocycles. The van der Waals surface area contributed by atoms with Crippen molar-refractivity contribution < 1.29 is 23.8 Å². The van der Waals surface area contributed by atoms with Crippen LogP contribution in [0.4, 0.5) is 4.39 Å². The minimum absolute atomic E-state index is 0.0639. The quantitative estimate of drug-likeness (QED) is 0.657. The molecule has 1 N–H and O–H groups in total. The molecule has 0 bridgehead atoms. The monoisotopic (exact) mass is 302 g/mol. The number of carboxylic acid groups (broad SMARTS) is 1. The molecule has 2 aromatic rings. The van der Waals surface area contributed by atoms with Crippen LogP contribution in [0.3, 0.4) is 0 Å². The number of hydrogen-bond acceptors (Lipinski definition) is 3. The summed E-state index contributed by atoms with van der Waals surface area (Å²) in [7, 11) is 1.45. The van der Waals surface area contributed by atoms with E-state index in [2.05, 4.69) is 0 Å². The van der Waals surface area contributed by atoms with E-state index >= 15 is 0 Å². The van der Waals surface area contributed by atoms with E-state index in [-0.39, 0.29) is 12.5 Å². The number of methoxy groups -OCH3 is 1. The number of halogens is 1. The Bertz CT molecular complexity index is 680. The zero-order valence-electron chi connectivity index (χ0n) is 12.0. The summed E-state index contributed by atoms with van der Waals surface area (Å²) < 4.78 is 23.6. The van der Waals surface area contributed by atoms with Crippen LogP contribution in [0, 0.1) is 5.82 Å². The summed E-state index contributed by atoms with van der Waals surface area (Å²) in [6.07, 6.45) is 1.07. The highest BCUT2D eigenvalue weighted by molar-refractivity contribution is 5.96. The van der Waals surface area contributed by atoms with Crippen molar-refractivity contribution in [1.29, 1.82) is 0 Å². The van der Waals surface area contributed by atoms with Crippen molar-refractivity contribution in [3.63, 3.8) is 0 Å². The van der Waals surface area contributed by atoms with Gasteiger partial charge in [-0.25, -0.2) is 9.18 Å². The maximum absolute atomic E-state index is 13.4. The molecule has 0 aliphatic heterocycles. The minimum Gasteiger partial charge on any atom is -0.478 e. The van der Waals surface area contributed by atoms with Gasteiger partial charge in [-0.3, -0.25) is 0 Å². The van der Waals surface area contributed by atoms with Crippen molar-refractivity contribution in [3.8, 4) is 5.75 Å². The fourth-order valence-electron chi connectivity index (χ4n) is 2.02. The number of carbonyl (C=O) groups is 1. The Balaban J connectivity index is 2.55. The fraction of sp³-hybridized carbons (Fsp3) is 0.118. The van der Waals surface area contributed by atoms with Crippen molar-refractivity contribution in [2.24, 2.45) is 0 Å². The largest absolute Gasteiger partial charge is 0.478 e. The second-order valence-electron chi connectivity index (χ2n) is 4.45. The molecule has 0 fully saturated rings. The van der Waals surface area contributed by atoms with Crippen molar-refractivity contribution in [2.45, 2.75) is 0 Å². The molecule has 114 valence electrons. The molecule has 0 spiro atoms. The summed E-state index contributed by atoms with van der Waals surface area (Å²) >= 11 is 0. The number of ether oxygens (including phenoxy) is 2.